The molecule has 1 aromatic carbocycles. The second-order valence-electron chi connectivity index (χ2n) is 4.02. The van der Waals surface area contributed by atoms with Gasteiger partial charge in [0, 0.05) is 23.2 Å². The quantitative estimate of drug-likeness (QED) is 0.585. The predicted molar refractivity (Wildman–Crippen MR) is 75.4 cm³/mol. The molecule has 1 aromatic heterocycles. The molecule has 0 bridgehead atoms. The SMILES string of the molecule is C=Cn1c(C)ccc1/C=C/C(=O)c1ccccc1. The molecule has 0 aliphatic rings. The average molecular weight is 237 g/mol. The second kappa shape index (κ2) is 5.32. The first-order valence-corrected chi connectivity index (χ1v) is 5.80. The molecule has 2 rings (SSSR count). The van der Waals surface area contributed by atoms with Gasteiger partial charge < -0.3 is 4.57 Å². The van der Waals surface area contributed by atoms with Crippen molar-refractivity contribution in [3.8, 4) is 0 Å². The Bertz CT molecular complexity index is 591. The smallest absolute Gasteiger partial charge is 0.185 e. The summed E-state index contributed by atoms with van der Waals surface area (Å²) in [5, 5.41) is 0. The summed E-state index contributed by atoms with van der Waals surface area (Å²) in [6.45, 7) is 5.75. The van der Waals surface area contributed by atoms with Gasteiger partial charge in [-0.25, -0.2) is 0 Å². The largest absolute Gasteiger partial charge is 0.322 e. The van der Waals surface area contributed by atoms with Gasteiger partial charge >= 0.3 is 0 Å². The van der Waals surface area contributed by atoms with E-state index in [0.29, 0.717) is 5.56 Å². The third kappa shape index (κ3) is 2.48. The predicted octanol–water partition coefficient (Wildman–Crippen LogP) is 3.79. The summed E-state index contributed by atoms with van der Waals surface area (Å²) in [5.41, 5.74) is 2.74. The van der Waals surface area contributed by atoms with E-state index in [0.717, 1.165) is 11.4 Å². The van der Waals surface area contributed by atoms with Crippen molar-refractivity contribution in [1.29, 1.82) is 0 Å². The van der Waals surface area contributed by atoms with Gasteiger partial charge in [-0.15, -0.1) is 0 Å². The fourth-order valence-electron chi connectivity index (χ4n) is 1.82. The van der Waals surface area contributed by atoms with Crippen molar-refractivity contribution in [1.82, 2.24) is 4.57 Å². The minimum absolute atomic E-state index is 0.00469. The van der Waals surface area contributed by atoms with Crippen LogP contribution in [0.2, 0.25) is 0 Å². The number of carbonyl (C=O) groups excluding carboxylic acids is 1. The monoisotopic (exact) mass is 237 g/mol. The number of benzene rings is 1. The van der Waals surface area contributed by atoms with Gasteiger partial charge in [0.15, 0.2) is 5.78 Å². The summed E-state index contributed by atoms with van der Waals surface area (Å²) in [6.07, 6.45) is 5.14. The van der Waals surface area contributed by atoms with Gasteiger partial charge in [0.25, 0.3) is 0 Å². The summed E-state index contributed by atoms with van der Waals surface area (Å²) in [4.78, 5) is 11.9. The number of carbonyl (C=O) groups is 1. The highest BCUT2D eigenvalue weighted by Gasteiger charge is 2.02. The molecule has 2 nitrogen and oxygen atoms in total. The van der Waals surface area contributed by atoms with Crippen molar-refractivity contribution in [2.45, 2.75) is 6.92 Å². The molecular weight excluding hydrogens is 222 g/mol. The number of aromatic nitrogens is 1. The van der Waals surface area contributed by atoms with E-state index in [2.05, 4.69) is 6.58 Å². The molecule has 2 heteroatoms. The molecule has 0 aliphatic heterocycles. The van der Waals surface area contributed by atoms with Crippen molar-refractivity contribution in [2.24, 2.45) is 0 Å². The van der Waals surface area contributed by atoms with Gasteiger partial charge in [-0.1, -0.05) is 36.9 Å². The van der Waals surface area contributed by atoms with Gasteiger partial charge in [-0.2, -0.15) is 0 Å². The van der Waals surface area contributed by atoms with Crippen LogP contribution in [0.4, 0.5) is 0 Å². The Morgan fingerprint density at radius 3 is 2.56 bits per heavy atom. The molecule has 18 heavy (non-hydrogen) atoms. The standard InChI is InChI=1S/C16H15NO/c1-3-17-13(2)9-10-15(17)11-12-16(18)14-7-5-4-6-8-14/h3-12H,1H2,2H3/b12-11+. The van der Waals surface area contributed by atoms with E-state index in [1.165, 1.54) is 0 Å². The molecule has 0 radical (unpaired) electrons. The second-order valence-corrected chi connectivity index (χ2v) is 4.02. The van der Waals surface area contributed by atoms with Crippen LogP contribution in [0.5, 0.6) is 0 Å². The molecule has 0 aliphatic carbocycles. The van der Waals surface area contributed by atoms with Gasteiger partial charge in [0.05, 0.1) is 0 Å². The number of nitrogens with zero attached hydrogens (tertiary/aromatic N) is 1. The van der Waals surface area contributed by atoms with Crippen LogP contribution in [0.1, 0.15) is 21.7 Å². The number of rotatable bonds is 4. The number of hydrogen-bond acceptors (Lipinski definition) is 1. The fourth-order valence-corrected chi connectivity index (χ4v) is 1.82. The van der Waals surface area contributed by atoms with Crippen molar-refractivity contribution in [3.05, 3.63) is 72.1 Å². The zero-order chi connectivity index (χ0) is 13.0. The summed E-state index contributed by atoms with van der Waals surface area (Å²) in [7, 11) is 0. The third-order valence-corrected chi connectivity index (χ3v) is 2.80. The van der Waals surface area contributed by atoms with Crippen molar-refractivity contribution >= 4 is 18.1 Å². The van der Waals surface area contributed by atoms with Crippen LogP contribution in [-0.2, 0) is 0 Å². The Hall–Kier alpha value is -2.35. The molecule has 0 saturated heterocycles. The minimum Gasteiger partial charge on any atom is -0.322 e. The van der Waals surface area contributed by atoms with Crippen LogP contribution in [0.25, 0.3) is 12.3 Å². The Morgan fingerprint density at radius 1 is 1.17 bits per heavy atom. The lowest BCUT2D eigenvalue weighted by molar-refractivity contribution is 0.104. The topological polar surface area (TPSA) is 22.0 Å². The highest BCUT2D eigenvalue weighted by atomic mass is 16.1. The van der Waals surface area contributed by atoms with Crippen LogP contribution < -0.4 is 0 Å². The molecule has 0 atom stereocenters. The van der Waals surface area contributed by atoms with Crippen LogP contribution in [0.15, 0.2) is 55.1 Å². The maximum Gasteiger partial charge on any atom is 0.185 e. The summed E-state index contributed by atoms with van der Waals surface area (Å²) in [6, 6.07) is 13.2. The summed E-state index contributed by atoms with van der Waals surface area (Å²) in [5.74, 6) is 0.00469. The average Bonchev–Trinajstić information content (AvgIpc) is 2.77. The molecule has 1 heterocycles. The number of aryl methyl sites for hydroxylation is 1. The molecule has 2 aromatic rings. The van der Waals surface area contributed by atoms with E-state index < -0.39 is 0 Å². The van der Waals surface area contributed by atoms with E-state index >= 15 is 0 Å². The van der Waals surface area contributed by atoms with E-state index in [4.69, 9.17) is 0 Å². The highest BCUT2D eigenvalue weighted by Crippen LogP contribution is 2.11. The minimum atomic E-state index is 0.00469. The lowest BCUT2D eigenvalue weighted by Gasteiger charge is -2.01. The van der Waals surface area contributed by atoms with Crippen molar-refractivity contribution in [3.63, 3.8) is 0 Å². The maximum atomic E-state index is 11.9. The first-order valence-electron chi connectivity index (χ1n) is 5.80. The highest BCUT2D eigenvalue weighted by molar-refractivity contribution is 6.06. The first kappa shape index (κ1) is 12.1. The molecule has 0 fully saturated rings. The summed E-state index contributed by atoms with van der Waals surface area (Å²) < 4.78 is 1.94. The van der Waals surface area contributed by atoms with E-state index in [9.17, 15) is 4.79 Å². The normalized spacial score (nSPS) is 10.7. The van der Waals surface area contributed by atoms with Crippen LogP contribution >= 0.6 is 0 Å². The number of ketones is 1. The van der Waals surface area contributed by atoms with Gasteiger partial charge in [-0.3, -0.25) is 4.79 Å². The van der Waals surface area contributed by atoms with Crippen molar-refractivity contribution < 1.29 is 4.79 Å². The van der Waals surface area contributed by atoms with Gasteiger partial charge in [-0.05, 0) is 31.2 Å². The van der Waals surface area contributed by atoms with Crippen molar-refractivity contribution in [2.75, 3.05) is 0 Å². The van der Waals surface area contributed by atoms with Crippen LogP contribution in [0.3, 0.4) is 0 Å². The van der Waals surface area contributed by atoms with Gasteiger partial charge in [0.2, 0.25) is 0 Å². The Labute approximate surface area is 107 Å². The Balaban J connectivity index is 2.21. The van der Waals surface area contributed by atoms with E-state index in [1.54, 1.807) is 12.3 Å². The summed E-state index contributed by atoms with van der Waals surface area (Å²) >= 11 is 0. The van der Waals surface area contributed by atoms with Gasteiger partial charge in [0.1, 0.15) is 0 Å². The lowest BCUT2D eigenvalue weighted by Crippen LogP contribution is -1.94. The van der Waals surface area contributed by atoms with E-state index in [-0.39, 0.29) is 5.78 Å². The first-order chi connectivity index (χ1) is 8.72. The zero-order valence-corrected chi connectivity index (χ0v) is 10.3. The third-order valence-electron chi connectivity index (χ3n) is 2.80. The van der Waals surface area contributed by atoms with Crippen LogP contribution in [-0.4, -0.2) is 10.4 Å². The molecule has 0 saturated carbocycles. The molecule has 0 unspecified atom stereocenters. The lowest BCUT2D eigenvalue weighted by atomic mass is 10.1. The fraction of sp³-hybridized carbons (Fsp3) is 0.0625. The zero-order valence-electron chi connectivity index (χ0n) is 10.3. The van der Waals surface area contributed by atoms with Crippen LogP contribution in [0, 0.1) is 6.92 Å². The van der Waals surface area contributed by atoms with E-state index in [1.807, 2.05) is 60.0 Å². The Morgan fingerprint density at radius 2 is 1.89 bits per heavy atom. The Kier molecular flexibility index (Phi) is 3.58. The molecular formula is C16H15NO. The number of allylic oxidation sites excluding steroid dienone is 1. The molecule has 90 valence electrons. The molecule has 0 spiro atoms. The molecule has 0 amide bonds. The molecule has 0 N–H and O–H groups in total. The maximum absolute atomic E-state index is 11.9. The number of hydrogen-bond donors (Lipinski definition) is 0.